The van der Waals surface area contributed by atoms with Crippen molar-refractivity contribution >= 4 is 5.91 Å². The van der Waals surface area contributed by atoms with E-state index >= 15 is 0 Å². The van der Waals surface area contributed by atoms with Gasteiger partial charge in [0, 0.05) is 12.8 Å². The van der Waals surface area contributed by atoms with Crippen LogP contribution in [-0.2, 0) is 4.79 Å². The number of carbonyl (C=O) groups excluding carboxylic acids is 1. The van der Waals surface area contributed by atoms with Crippen LogP contribution in [0.5, 0.6) is 0 Å². The maximum atomic E-state index is 10.4. The first-order chi connectivity index (χ1) is 3.83. The van der Waals surface area contributed by atoms with E-state index in [9.17, 15) is 4.79 Å². The molecule has 1 rings (SSSR count). The van der Waals surface area contributed by atoms with Gasteiger partial charge in [0.2, 0.25) is 5.91 Å². The number of nitrogens with one attached hydrogen (secondary N) is 1. The Bertz CT molecular complexity index is 165. The fourth-order valence-electron chi connectivity index (χ4n) is 0.664. The monoisotopic (exact) mass is 109 g/mol. The van der Waals surface area contributed by atoms with Crippen LogP contribution < -0.4 is 5.32 Å². The van der Waals surface area contributed by atoms with Gasteiger partial charge in [0.25, 0.3) is 0 Å². The average molecular weight is 109 g/mol. The predicted octanol–water partition coefficient (Wildman–Crippen LogP) is 0.565. The molecular formula is C6H7NO. The number of carbonyl (C=O) groups is 1. The summed E-state index contributed by atoms with van der Waals surface area (Å²) in [5, 5.41) is 2.61. The molecule has 1 heterocycles. The fourth-order valence-corrected chi connectivity index (χ4v) is 0.664. The van der Waals surface area contributed by atoms with Gasteiger partial charge in [0.1, 0.15) is 0 Å². The maximum Gasteiger partial charge on any atom is 0.225 e. The molecule has 0 aromatic rings. The van der Waals surface area contributed by atoms with Gasteiger partial charge in [0.05, 0.1) is 5.70 Å². The zero-order valence-corrected chi connectivity index (χ0v) is 4.53. The van der Waals surface area contributed by atoms with Crippen LogP contribution >= 0.6 is 0 Å². The minimum atomic E-state index is 0.0798. The summed E-state index contributed by atoms with van der Waals surface area (Å²) in [7, 11) is 0. The van der Waals surface area contributed by atoms with E-state index in [0.717, 1.165) is 12.1 Å². The lowest BCUT2D eigenvalue weighted by Crippen LogP contribution is -2.10. The zero-order chi connectivity index (χ0) is 5.98. The molecule has 2 heteroatoms. The van der Waals surface area contributed by atoms with Crippen LogP contribution in [0.15, 0.2) is 18.0 Å². The quantitative estimate of drug-likeness (QED) is 0.452. The molecule has 1 amide bonds. The summed E-state index contributed by atoms with van der Waals surface area (Å²) in [4.78, 5) is 10.4. The normalized spacial score (nSPS) is 18.0. The maximum absolute atomic E-state index is 10.4. The van der Waals surface area contributed by atoms with Gasteiger partial charge in [-0.1, -0.05) is 6.58 Å². The summed E-state index contributed by atoms with van der Waals surface area (Å²) < 4.78 is 0. The number of amides is 1. The fraction of sp³-hybridized carbons (Fsp3) is 0.333. The molecule has 1 fully saturated rings. The number of allylic oxidation sites excluding steroid dienone is 1. The third-order valence-electron chi connectivity index (χ3n) is 1.11. The smallest absolute Gasteiger partial charge is 0.225 e. The summed E-state index contributed by atoms with van der Waals surface area (Å²) in [5.74, 6) is 0.0798. The second-order valence-electron chi connectivity index (χ2n) is 1.70. The molecule has 0 spiro atoms. The second-order valence-corrected chi connectivity index (χ2v) is 1.70. The first kappa shape index (κ1) is 5.13. The van der Waals surface area contributed by atoms with Gasteiger partial charge >= 0.3 is 0 Å². The summed E-state index contributed by atoms with van der Waals surface area (Å²) in [6.45, 7) is 3.40. The second kappa shape index (κ2) is 1.85. The number of hydrogen-bond donors (Lipinski definition) is 1. The van der Waals surface area contributed by atoms with Crippen molar-refractivity contribution in [2.24, 2.45) is 0 Å². The minimum absolute atomic E-state index is 0.0798. The van der Waals surface area contributed by atoms with E-state index in [0.29, 0.717) is 6.42 Å². The van der Waals surface area contributed by atoms with Crippen LogP contribution in [0.25, 0.3) is 0 Å². The minimum Gasteiger partial charge on any atom is -0.323 e. The molecule has 0 aromatic carbocycles. The van der Waals surface area contributed by atoms with E-state index in [1.807, 2.05) is 0 Å². The summed E-state index contributed by atoms with van der Waals surface area (Å²) in [6, 6.07) is 0. The Labute approximate surface area is 47.9 Å². The third kappa shape index (κ3) is 0.796. The highest BCUT2D eigenvalue weighted by Crippen LogP contribution is 2.06. The lowest BCUT2D eigenvalue weighted by Gasteiger charge is -1.86. The Hall–Kier alpha value is -1.01. The first-order valence-corrected chi connectivity index (χ1v) is 2.51. The SMILES string of the molecule is C=C=C1CCC(=O)N1. The molecule has 0 bridgehead atoms. The Kier molecular flexibility index (Phi) is 1.18. The van der Waals surface area contributed by atoms with E-state index in [1.54, 1.807) is 0 Å². The molecule has 1 aliphatic heterocycles. The van der Waals surface area contributed by atoms with Crippen molar-refractivity contribution in [2.75, 3.05) is 0 Å². The van der Waals surface area contributed by atoms with Gasteiger partial charge in [0.15, 0.2) is 0 Å². The summed E-state index contributed by atoms with van der Waals surface area (Å²) in [5.41, 5.74) is 3.46. The largest absolute Gasteiger partial charge is 0.323 e. The van der Waals surface area contributed by atoms with Gasteiger partial charge < -0.3 is 5.32 Å². The van der Waals surface area contributed by atoms with Crippen molar-refractivity contribution < 1.29 is 4.79 Å². The molecular weight excluding hydrogens is 102 g/mol. The topological polar surface area (TPSA) is 29.1 Å². The Morgan fingerprint density at radius 2 is 2.38 bits per heavy atom. The van der Waals surface area contributed by atoms with Gasteiger partial charge in [-0.15, -0.1) is 5.73 Å². The van der Waals surface area contributed by atoms with Crippen LogP contribution in [0.2, 0.25) is 0 Å². The molecule has 2 nitrogen and oxygen atoms in total. The van der Waals surface area contributed by atoms with Crippen molar-refractivity contribution in [3.05, 3.63) is 18.0 Å². The molecule has 1 N–H and O–H groups in total. The van der Waals surface area contributed by atoms with E-state index in [1.165, 1.54) is 0 Å². The Morgan fingerprint density at radius 3 is 2.62 bits per heavy atom. The molecule has 0 unspecified atom stereocenters. The van der Waals surface area contributed by atoms with Crippen LogP contribution in [0.4, 0.5) is 0 Å². The van der Waals surface area contributed by atoms with Gasteiger partial charge in [-0.05, 0) is 0 Å². The van der Waals surface area contributed by atoms with E-state index < -0.39 is 0 Å². The molecule has 8 heavy (non-hydrogen) atoms. The van der Waals surface area contributed by atoms with Crippen molar-refractivity contribution in [3.8, 4) is 0 Å². The highest BCUT2D eigenvalue weighted by atomic mass is 16.1. The molecule has 0 aromatic heterocycles. The molecule has 1 saturated heterocycles. The molecule has 0 radical (unpaired) electrons. The number of hydrogen-bond acceptors (Lipinski definition) is 1. The predicted molar refractivity (Wildman–Crippen MR) is 30.0 cm³/mol. The van der Waals surface area contributed by atoms with E-state index in [4.69, 9.17) is 0 Å². The van der Waals surface area contributed by atoms with Crippen LogP contribution in [0.3, 0.4) is 0 Å². The van der Waals surface area contributed by atoms with Gasteiger partial charge in [-0.3, -0.25) is 4.79 Å². The summed E-state index contributed by atoms with van der Waals surface area (Å²) >= 11 is 0. The standard InChI is InChI=1S/C6H7NO/c1-2-5-3-4-6(8)7-5/h1,3-4H2,(H,7,8). The average Bonchev–Trinajstić information content (AvgIpc) is 2.14. The molecule has 0 saturated carbocycles. The first-order valence-electron chi connectivity index (χ1n) is 2.51. The van der Waals surface area contributed by atoms with Gasteiger partial charge in [-0.2, -0.15) is 0 Å². The van der Waals surface area contributed by atoms with Crippen molar-refractivity contribution in [1.29, 1.82) is 0 Å². The number of rotatable bonds is 0. The van der Waals surface area contributed by atoms with E-state index in [-0.39, 0.29) is 5.91 Å². The highest BCUT2D eigenvalue weighted by molar-refractivity contribution is 5.80. The van der Waals surface area contributed by atoms with Crippen LogP contribution in [0, 0.1) is 0 Å². The summed E-state index contributed by atoms with van der Waals surface area (Å²) in [6.07, 6.45) is 1.38. The molecule has 1 aliphatic rings. The molecule has 0 atom stereocenters. The van der Waals surface area contributed by atoms with Gasteiger partial charge in [-0.25, -0.2) is 0 Å². The lowest BCUT2D eigenvalue weighted by atomic mass is 10.3. The zero-order valence-electron chi connectivity index (χ0n) is 4.53. The third-order valence-corrected chi connectivity index (χ3v) is 1.11. The Balaban J connectivity index is 2.70. The highest BCUT2D eigenvalue weighted by Gasteiger charge is 2.12. The van der Waals surface area contributed by atoms with Crippen LogP contribution in [-0.4, -0.2) is 5.91 Å². The van der Waals surface area contributed by atoms with Crippen LogP contribution in [0.1, 0.15) is 12.8 Å². The lowest BCUT2D eigenvalue weighted by molar-refractivity contribution is -0.118. The van der Waals surface area contributed by atoms with E-state index in [2.05, 4.69) is 17.6 Å². The van der Waals surface area contributed by atoms with Crippen molar-refractivity contribution in [3.63, 3.8) is 0 Å². The Morgan fingerprint density at radius 1 is 1.62 bits per heavy atom. The molecule has 0 aliphatic carbocycles. The van der Waals surface area contributed by atoms with Crippen molar-refractivity contribution in [2.45, 2.75) is 12.8 Å². The molecule has 42 valence electrons. The van der Waals surface area contributed by atoms with Crippen molar-refractivity contribution in [1.82, 2.24) is 5.32 Å².